The zero-order chi connectivity index (χ0) is 8.55. The van der Waals surface area contributed by atoms with Gasteiger partial charge in [-0.25, -0.2) is 0 Å². The van der Waals surface area contributed by atoms with Crippen LogP contribution in [-0.4, -0.2) is 14.6 Å². The molecule has 2 heterocycles. The summed E-state index contributed by atoms with van der Waals surface area (Å²) in [6.07, 6.45) is 1.99. The second kappa shape index (κ2) is 2.59. The summed E-state index contributed by atoms with van der Waals surface area (Å²) >= 11 is 0. The third-order valence-electron chi connectivity index (χ3n) is 1.86. The molecule has 62 valence electrons. The minimum Gasteiger partial charge on any atom is -0.286 e. The minimum absolute atomic E-state index is 0.419. The topological polar surface area (TPSA) is 30.2 Å². The molecule has 0 fully saturated rings. The first kappa shape index (κ1) is 7.28. The van der Waals surface area contributed by atoms with Crippen molar-refractivity contribution in [2.24, 2.45) is 0 Å². The van der Waals surface area contributed by atoms with Gasteiger partial charge in [-0.15, -0.1) is 10.2 Å². The van der Waals surface area contributed by atoms with Gasteiger partial charge in [-0.3, -0.25) is 4.40 Å². The van der Waals surface area contributed by atoms with Gasteiger partial charge < -0.3 is 0 Å². The molecule has 0 saturated heterocycles. The molecule has 0 saturated carbocycles. The van der Waals surface area contributed by atoms with Crippen molar-refractivity contribution in [1.29, 1.82) is 0 Å². The van der Waals surface area contributed by atoms with Crippen LogP contribution in [0.4, 0.5) is 0 Å². The molecule has 0 radical (unpaired) electrons. The van der Waals surface area contributed by atoms with Crippen LogP contribution in [0.1, 0.15) is 25.6 Å². The Hall–Kier alpha value is -1.38. The molecule has 0 aliphatic heterocycles. The molecule has 3 nitrogen and oxygen atoms in total. The first-order valence-electron chi connectivity index (χ1n) is 4.08. The molecule has 0 aliphatic carbocycles. The van der Waals surface area contributed by atoms with Crippen LogP contribution in [0.25, 0.3) is 5.65 Å². The van der Waals surface area contributed by atoms with Crippen molar-refractivity contribution in [2.75, 3.05) is 0 Å². The van der Waals surface area contributed by atoms with E-state index in [1.54, 1.807) is 0 Å². The Balaban J connectivity index is 2.70. The summed E-state index contributed by atoms with van der Waals surface area (Å²) in [6, 6.07) is 5.91. The molecule has 0 spiro atoms. The summed E-state index contributed by atoms with van der Waals surface area (Å²) in [6.45, 7) is 4.23. The third-order valence-corrected chi connectivity index (χ3v) is 1.86. The average molecular weight is 161 g/mol. The minimum atomic E-state index is 0.419. The molecular weight excluding hydrogens is 150 g/mol. The lowest BCUT2D eigenvalue weighted by atomic mass is 10.2. The van der Waals surface area contributed by atoms with Crippen LogP contribution in [-0.2, 0) is 0 Å². The lowest BCUT2D eigenvalue weighted by molar-refractivity contribution is 0.759. The van der Waals surface area contributed by atoms with Crippen LogP contribution in [0.5, 0.6) is 0 Å². The van der Waals surface area contributed by atoms with Gasteiger partial charge in [0, 0.05) is 12.1 Å². The summed E-state index contributed by atoms with van der Waals surface area (Å²) in [7, 11) is 0. The largest absolute Gasteiger partial charge is 0.286 e. The Morgan fingerprint density at radius 2 is 2.08 bits per heavy atom. The summed E-state index contributed by atoms with van der Waals surface area (Å²) in [5.41, 5.74) is 0.918. The van der Waals surface area contributed by atoms with Gasteiger partial charge in [-0.1, -0.05) is 19.9 Å². The predicted molar refractivity (Wildman–Crippen MR) is 47.1 cm³/mol. The van der Waals surface area contributed by atoms with Crippen LogP contribution in [0.3, 0.4) is 0 Å². The van der Waals surface area contributed by atoms with Crippen molar-refractivity contribution in [3.05, 3.63) is 30.2 Å². The molecule has 2 aromatic heterocycles. The molecule has 12 heavy (non-hydrogen) atoms. The maximum Gasteiger partial charge on any atom is 0.160 e. The highest BCUT2D eigenvalue weighted by Gasteiger charge is 2.06. The van der Waals surface area contributed by atoms with Gasteiger partial charge in [0.15, 0.2) is 5.65 Å². The lowest BCUT2D eigenvalue weighted by Crippen LogP contribution is -1.95. The normalized spacial score (nSPS) is 11.2. The average Bonchev–Trinajstić information content (AvgIpc) is 2.47. The SMILES string of the molecule is CC(C)c1nnc2ccccn12. The second-order valence-corrected chi connectivity index (χ2v) is 3.14. The van der Waals surface area contributed by atoms with Crippen LogP contribution in [0.2, 0.25) is 0 Å². The van der Waals surface area contributed by atoms with Crippen molar-refractivity contribution < 1.29 is 0 Å². The van der Waals surface area contributed by atoms with E-state index in [1.165, 1.54) is 0 Å². The number of rotatable bonds is 1. The van der Waals surface area contributed by atoms with Gasteiger partial charge in [0.2, 0.25) is 0 Å². The van der Waals surface area contributed by atoms with Gasteiger partial charge in [0.25, 0.3) is 0 Å². The molecule has 0 aliphatic rings. The number of hydrogen-bond donors (Lipinski definition) is 0. The molecule has 0 amide bonds. The molecule has 0 unspecified atom stereocenters. The van der Waals surface area contributed by atoms with Crippen LogP contribution >= 0.6 is 0 Å². The van der Waals surface area contributed by atoms with Crippen molar-refractivity contribution in [2.45, 2.75) is 19.8 Å². The van der Waals surface area contributed by atoms with Gasteiger partial charge in [-0.2, -0.15) is 0 Å². The summed E-state index contributed by atoms with van der Waals surface area (Å²) in [5, 5.41) is 8.16. The smallest absolute Gasteiger partial charge is 0.160 e. The van der Waals surface area contributed by atoms with E-state index in [4.69, 9.17) is 0 Å². The van der Waals surface area contributed by atoms with Gasteiger partial charge in [0.05, 0.1) is 0 Å². The fourth-order valence-electron chi connectivity index (χ4n) is 1.25. The molecule has 3 heteroatoms. The van der Waals surface area contributed by atoms with Crippen molar-refractivity contribution >= 4 is 5.65 Å². The van der Waals surface area contributed by atoms with E-state index in [-0.39, 0.29) is 0 Å². The highest BCUT2D eigenvalue weighted by Crippen LogP contribution is 2.12. The highest BCUT2D eigenvalue weighted by molar-refractivity contribution is 5.37. The maximum atomic E-state index is 4.11. The maximum absolute atomic E-state index is 4.11. The first-order valence-corrected chi connectivity index (χ1v) is 4.08. The van der Waals surface area contributed by atoms with Crippen molar-refractivity contribution in [3.63, 3.8) is 0 Å². The van der Waals surface area contributed by atoms with E-state index in [2.05, 4.69) is 24.0 Å². The monoisotopic (exact) mass is 161 g/mol. The quantitative estimate of drug-likeness (QED) is 0.639. The molecule has 2 rings (SSSR count). The van der Waals surface area contributed by atoms with E-state index in [0.717, 1.165) is 11.5 Å². The van der Waals surface area contributed by atoms with Gasteiger partial charge in [0.1, 0.15) is 5.82 Å². The van der Waals surface area contributed by atoms with Crippen molar-refractivity contribution in [3.8, 4) is 0 Å². The summed E-state index contributed by atoms with van der Waals surface area (Å²) in [5.74, 6) is 1.44. The van der Waals surface area contributed by atoms with Gasteiger partial charge in [-0.05, 0) is 12.1 Å². The third kappa shape index (κ3) is 0.978. The zero-order valence-electron chi connectivity index (χ0n) is 7.23. The Labute approximate surface area is 71.1 Å². The number of hydrogen-bond acceptors (Lipinski definition) is 2. The standard InChI is InChI=1S/C9H11N3/c1-7(2)9-11-10-8-5-3-4-6-12(8)9/h3-7H,1-2H3. The number of nitrogens with zero attached hydrogens (tertiary/aromatic N) is 3. The molecule has 0 atom stereocenters. The van der Waals surface area contributed by atoms with Gasteiger partial charge >= 0.3 is 0 Å². The number of pyridine rings is 1. The van der Waals surface area contributed by atoms with E-state index >= 15 is 0 Å². The molecule has 0 N–H and O–H groups in total. The Bertz CT molecular complexity index is 389. The molecular formula is C9H11N3. The lowest BCUT2D eigenvalue weighted by Gasteiger charge is -2.00. The van der Waals surface area contributed by atoms with E-state index < -0.39 is 0 Å². The van der Waals surface area contributed by atoms with Crippen LogP contribution in [0.15, 0.2) is 24.4 Å². The predicted octanol–water partition coefficient (Wildman–Crippen LogP) is 1.85. The zero-order valence-corrected chi connectivity index (χ0v) is 7.23. The fraction of sp³-hybridized carbons (Fsp3) is 0.333. The van der Waals surface area contributed by atoms with Crippen molar-refractivity contribution in [1.82, 2.24) is 14.6 Å². The summed E-state index contributed by atoms with van der Waals surface area (Å²) in [4.78, 5) is 0. The first-order chi connectivity index (χ1) is 5.79. The molecule has 2 aromatic rings. The Morgan fingerprint density at radius 1 is 1.25 bits per heavy atom. The number of aromatic nitrogens is 3. The van der Waals surface area contributed by atoms with Crippen LogP contribution < -0.4 is 0 Å². The Kier molecular flexibility index (Phi) is 1.57. The number of fused-ring (bicyclic) bond motifs is 1. The van der Waals surface area contributed by atoms with Crippen LogP contribution in [0, 0.1) is 0 Å². The molecule has 0 aromatic carbocycles. The fourth-order valence-corrected chi connectivity index (χ4v) is 1.25. The Morgan fingerprint density at radius 3 is 2.83 bits per heavy atom. The second-order valence-electron chi connectivity index (χ2n) is 3.14. The summed E-state index contributed by atoms with van der Waals surface area (Å²) < 4.78 is 2.02. The van der Waals surface area contributed by atoms with E-state index in [9.17, 15) is 0 Å². The van der Waals surface area contributed by atoms with E-state index in [1.807, 2.05) is 28.8 Å². The van der Waals surface area contributed by atoms with E-state index in [0.29, 0.717) is 5.92 Å². The molecule has 0 bridgehead atoms. The highest BCUT2D eigenvalue weighted by atomic mass is 15.2.